The summed E-state index contributed by atoms with van der Waals surface area (Å²) >= 11 is 1.27. The number of benzene rings is 2. The number of nitrogens with zero attached hydrogens (tertiary/aromatic N) is 2. The van der Waals surface area contributed by atoms with Crippen molar-refractivity contribution in [3.63, 3.8) is 0 Å². The SMILES string of the molecule is CCOC(=O)C1=C(C)N=c2s/c(=C/c3ccc(O[C@@H](C)CC)c(OC)c3)c(=O)n2[C@@H]1c1ccc(OCC)cc1. The minimum atomic E-state index is -0.682. The molecule has 0 bridgehead atoms. The molecule has 9 heteroatoms. The predicted octanol–water partition coefficient (Wildman–Crippen LogP) is 4.38. The third-order valence-electron chi connectivity index (χ3n) is 6.41. The van der Waals surface area contributed by atoms with Crippen LogP contribution >= 0.6 is 11.3 Å². The number of methoxy groups -OCH3 is 1. The maximum atomic E-state index is 13.8. The molecule has 0 radical (unpaired) electrons. The molecule has 8 nitrogen and oxygen atoms in total. The standard InChI is InChI=1S/C30H34N2O6S/c1-7-18(4)38-23-15-10-20(16-24(23)35-6)17-25-28(33)32-27(21-11-13-22(14-12-21)36-8-2)26(29(34)37-9-3)19(5)31-30(32)39-25/h10-18,27H,7-9H2,1-6H3/b25-17+/t18-,27+/m0/s1. The first kappa shape index (κ1) is 28.2. The third-order valence-corrected chi connectivity index (χ3v) is 7.40. The summed E-state index contributed by atoms with van der Waals surface area (Å²) in [5, 5.41) is 0. The van der Waals surface area contributed by atoms with Crippen LogP contribution in [0.15, 0.2) is 63.5 Å². The molecule has 2 atom stereocenters. The Kier molecular flexibility index (Phi) is 8.91. The Labute approximate surface area is 231 Å². The highest BCUT2D eigenvalue weighted by Crippen LogP contribution is 2.32. The number of esters is 1. The molecule has 0 saturated heterocycles. The van der Waals surface area contributed by atoms with Crippen LogP contribution in [0.3, 0.4) is 0 Å². The van der Waals surface area contributed by atoms with Crippen LogP contribution in [0.1, 0.15) is 58.2 Å². The molecular weight excluding hydrogens is 516 g/mol. The van der Waals surface area contributed by atoms with Gasteiger partial charge in [0.2, 0.25) is 0 Å². The second kappa shape index (κ2) is 12.3. The molecule has 1 aliphatic rings. The molecule has 0 amide bonds. The van der Waals surface area contributed by atoms with Crippen LogP contribution < -0.4 is 29.1 Å². The summed E-state index contributed by atoms with van der Waals surface area (Å²) in [5.74, 6) is 1.45. The van der Waals surface area contributed by atoms with E-state index in [2.05, 4.69) is 11.9 Å². The molecule has 0 fully saturated rings. The van der Waals surface area contributed by atoms with Gasteiger partial charge >= 0.3 is 5.97 Å². The summed E-state index contributed by atoms with van der Waals surface area (Å²) in [6.07, 6.45) is 2.72. The van der Waals surface area contributed by atoms with E-state index in [0.29, 0.717) is 44.5 Å². The number of hydrogen-bond donors (Lipinski definition) is 0. The fourth-order valence-electron chi connectivity index (χ4n) is 4.34. The van der Waals surface area contributed by atoms with E-state index in [1.165, 1.54) is 11.3 Å². The number of aromatic nitrogens is 1. The molecule has 39 heavy (non-hydrogen) atoms. The molecular formula is C30H34N2O6S. The van der Waals surface area contributed by atoms with E-state index in [4.69, 9.17) is 18.9 Å². The highest BCUT2D eigenvalue weighted by molar-refractivity contribution is 7.07. The van der Waals surface area contributed by atoms with Gasteiger partial charge in [-0.25, -0.2) is 9.79 Å². The van der Waals surface area contributed by atoms with Crippen molar-refractivity contribution in [1.82, 2.24) is 4.57 Å². The van der Waals surface area contributed by atoms with Gasteiger partial charge in [0.15, 0.2) is 16.3 Å². The second-order valence-electron chi connectivity index (χ2n) is 9.05. The van der Waals surface area contributed by atoms with E-state index in [1.54, 1.807) is 31.6 Å². The molecule has 2 aromatic carbocycles. The zero-order valence-corrected chi connectivity index (χ0v) is 24.0. The number of thiazole rings is 1. The lowest BCUT2D eigenvalue weighted by Gasteiger charge is -2.24. The summed E-state index contributed by atoms with van der Waals surface area (Å²) in [5.41, 5.74) is 2.16. The second-order valence-corrected chi connectivity index (χ2v) is 10.1. The van der Waals surface area contributed by atoms with Crippen molar-refractivity contribution in [3.05, 3.63) is 84.5 Å². The Morgan fingerprint density at radius 2 is 1.85 bits per heavy atom. The van der Waals surface area contributed by atoms with Crippen LogP contribution in [0.2, 0.25) is 0 Å². The Balaban J connectivity index is 1.84. The van der Waals surface area contributed by atoms with Crippen molar-refractivity contribution in [2.45, 2.75) is 53.2 Å². The monoisotopic (exact) mass is 550 g/mol. The normalized spacial score (nSPS) is 15.8. The third kappa shape index (κ3) is 5.93. The Hall–Kier alpha value is -3.85. The van der Waals surface area contributed by atoms with Gasteiger partial charge in [-0.05, 0) is 75.6 Å². The van der Waals surface area contributed by atoms with Gasteiger partial charge in [0.1, 0.15) is 5.75 Å². The van der Waals surface area contributed by atoms with Crippen molar-refractivity contribution in [3.8, 4) is 17.2 Å². The van der Waals surface area contributed by atoms with E-state index in [1.807, 2.05) is 56.3 Å². The van der Waals surface area contributed by atoms with E-state index < -0.39 is 12.0 Å². The Morgan fingerprint density at radius 1 is 1.10 bits per heavy atom. The maximum absolute atomic E-state index is 13.8. The quantitative estimate of drug-likeness (QED) is 0.348. The van der Waals surface area contributed by atoms with Crippen LogP contribution in [0.25, 0.3) is 6.08 Å². The van der Waals surface area contributed by atoms with E-state index in [-0.39, 0.29) is 18.3 Å². The first-order valence-corrected chi connectivity index (χ1v) is 13.9. The Morgan fingerprint density at radius 3 is 2.49 bits per heavy atom. The smallest absolute Gasteiger partial charge is 0.338 e. The highest BCUT2D eigenvalue weighted by Gasteiger charge is 2.33. The molecule has 0 N–H and O–H groups in total. The average molecular weight is 551 g/mol. The first-order chi connectivity index (χ1) is 18.8. The topological polar surface area (TPSA) is 88.4 Å². The molecule has 2 heterocycles. The van der Waals surface area contributed by atoms with Crippen LogP contribution in [0.4, 0.5) is 0 Å². The maximum Gasteiger partial charge on any atom is 0.338 e. The molecule has 1 aromatic heterocycles. The van der Waals surface area contributed by atoms with Crippen molar-refractivity contribution in [1.29, 1.82) is 0 Å². The van der Waals surface area contributed by atoms with E-state index in [9.17, 15) is 9.59 Å². The lowest BCUT2D eigenvalue weighted by Crippen LogP contribution is -2.39. The van der Waals surface area contributed by atoms with Crippen molar-refractivity contribution in [2.24, 2.45) is 4.99 Å². The Bertz CT molecular complexity index is 1550. The molecule has 0 unspecified atom stereocenters. The first-order valence-electron chi connectivity index (χ1n) is 13.1. The fourth-order valence-corrected chi connectivity index (χ4v) is 5.39. The number of fused-ring (bicyclic) bond motifs is 1. The van der Waals surface area contributed by atoms with Gasteiger partial charge < -0.3 is 18.9 Å². The summed E-state index contributed by atoms with van der Waals surface area (Å²) in [6.45, 7) is 10.3. The zero-order valence-electron chi connectivity index (χ0n) is 23.1. The predicted molar refractivity (Wildman–Crippen MR) is 151 cm³/mol. The van der Waals surface area contributed by atoms with Crippen molar-refractivity contribution >= 4 is 23.4 Å². The lowest BCUT2D eigenvalue weighted by atomic mass is 9.96. The number of carbonyl (C=O) groups is 1. The molecule has 3 aromatic rings. The summed E-state index contributed by atoms with van der Waals surface area (Å²) in [4.78, 5) is 32.1. The van der Waals surface area contributed by atoms with Gasteiger partial charge in [0.25, 0.3) is 5.56 Å². The van der Waals surface area contributed by atoms with Gasteiger partial charge in [-0.15, -0.1) is 0 Å². The van der Waals surface area contributed by atoms with Gasteiger partial charge in [-0.2, -0.15) is 0 Å². The number of carbonyl (C=O) groups excluding carboxylic acids is 1. The zero-order chi connectivity index (χ0) is 28.1. The fraction of sp³-hybridized carbons (Fsp3) is 0.367. The number of allylic oxidation sites excluding steroid dienone is 1. The molecule has 0 spiro atoms. The van der Waals surface area contributed by atoms with E-state index in [0.717, 1.165) is 17.5 Å². The van der Waals surface area contributed by atoms with E-state index >= 15 is 0 Å². The summed E-state index contributed by atoms with van der Waals surface area (Å²) in [7, 11) is 1.59. The largest absolute Gasteiger partial charge is 0.494 e. The number of ether oxygens (including phenoxy) is 4. The summed E-state index contributed by atoms with van der Waals surface area (Å²) < 4.78 is 24.5. The van der Waals surface area contributed by atoms with Gasteiger partial charge in [0, 0.05) is 0 Å². The average Bonchev–Trinajstić information content (AvgIpc) is 3.23. The molecule has 0 saturated carbocycles. The van der Waals surface area contributed by atoms with Crippen LogP contribution in [0.5, 0.6) is 17.2 Å². The van der Waals surface area contributed by atoms with Gasteiger partial charge in [-0.3, -0.25) is 9.36 Å². The van der Waals surface area contributed by atoms with Crippen LogP contribution in [-0.4, -0.2) is 37.0 Å². The van der Waals surface area contributed by atoms with Gasteiger partial charge in [-0.1, -0.05) is 36.5 Å². The minimum absolute atomic E-state index is 0.0490. The summed E-state index contributed by atoms with van der Waals surface area (Å²) in [6, 6.07) is 12.3. The molecule has 4 rings (SSSR count). The minimum Gasteiger partial charge on any atom is -0.494 e. The molecule has 206 valence electrons. The molecule has 1 aliphatic heterocycles. The lowest BCUT2D eigenvalue weighted by molar-refractivity contribution is -0.139. The van der Waals surface area contributed by atoms with Crippen molar-refractivity contribution < 1.29 is 23.7 Å². The highest BCUT2D eigenvalue weighted by atomic mass is 32.1. The van der Waals surface area contributed by atoms with Crippen LogP contribution in [0, 0.1) is 0 Å². The van der Waals surface area contributed by atoms with Crippen molar-refractivity contribution in [2.75, 3.05) is 20.3 Å². The number of hydrogen-bond acceptors (Lipinski definition) is 8. The van der Waals surface area contributed by atoms with Crippen LogP contribution in [-0.2, 0) is 9.53 Å². The van der Waals surface area contributed by atoms with Gasteiger partial charge in [0.05, 0.1) is 48.3 Å². The number of rotatable bonds is 10. The molecule has 0 aliphatic carbocycles.